The molecule has 100 valence electrons. The largest absolute Gasteiger partial charge is 0.476 e. The normalized spacial score (nSPS) is 19.3. The van der Waals surface area contributed by atoms with Crippen LogP contribution in [0.3, 0.4) is 0 Å². The Labute approximate surface area is 112 Å². The van der Waals surface area contributed by atoms with Crippen LogP contribution >= 0.6 is 0 Å². The van der Waals surface area contributed by atoms with Crippen LogP contribution in [-0.4, -0.2) is 29.7 Å². The van der Waals surface area contributed by atoms with E-state index in [1.165, 1.54) is 12.8 Å². The van der Waals surface area contributed by atoms with Gasteiger partial charge in [0.15, 0.2) is 5.76 Å². The highest BCUT2D eigenvalue weighted by molar-refractivity contribution is 5.49. The van der Waals surface area contributed by atoms with Gasteiger partial charge in [-0.15, -0.1) is 0 Å². The summed E-state index contributed by atoms with van der Waals surface area (Å²) in [6.45, 7) is 2.84. The molecule has 3 heterocycles. The molecule has 0 aromatic carbocycles. The molecule has 2 aromatic heterocycles. The van der Waals surface area contributed by atoms with Gasteiger partial charge >= 0.3 is 0 Å². The molecule has 1 saturated heterocycles. The fourth-order valence-electron chi connectivity index (χ4n) is 2.21. The molecule has 3 rings (SSSR count). The van der Waals surface area contributed by atoms with Crippen LogP contribution in [0, 0.1) is 5.92 Å². The Hall–Kier alpha value is -1.88. The van der Waals surface area contributed by atoms with Gasteiger partial charge < -0.3 is 14.5 Å². The van der Waals surface area contributed by atoms with Gasteiger partial charge in [-0.25, -0.2) is 9.97 Å². The van der Waals surface area contributed by atoms with Crippen molar-refractivity contribution >= 4 is 0 Å². The molecule has 1 aliphatic rings. The number of nitrogens with one attached hydrogen (secondary N) is 1. The van der Waals surface area contributed by atoms with E-state index in [1.54, 1.807) is 18.7 Å². The van der Waals surface area contributed by atoms with E-state index in [0.717, 1.165) is 24.5 Å². The maximum absolute atomic E-state index is 5.67. The fourth-order valence-corrected chi connectivity index (χ4v) is 2.21. The van der Waals surface area contributed by atoms with Crippen LogP contribution in [0.4, 0.5) is 0 Å². The fraction of sp³-hybridized carbons (Fsp3) is 0.429. The monoisotopic (exact) mass is 259 g/mol. The highest BCUT2D eigenvalue weighted by Gasteiger charge is 2.14. The van der Waals surface area contributed by atoms with Crippen LogP contribution in [0.2, 0.25) is 0 Å². The van der Waals surface area contributed by atoms with Crippen molar-refractivity contribution in [1.82, 2.24) is 15.3 Å². The van der Waals surface area contributed by atoms with E-state index in [2.05, 4.69) is 15.3 Å². The van der Waals surface area contributed by atoms with Gasteiger partial charge in [-0.2, -0.15) is 0 Å². The lowest BCUT2D eigenvalue weighted by Crippen LogP contribution is -2.33. The lowest BCUT2D eigenvalue weighted by molar-refractivity contribution is 0.211. The Morgan fingerprint density at radius 3 is 3.05 bits per heavy atom. The van der Waals surface area contributed by atoms with Gasteiger partial charge in [-0.05, 0) is 31.5 Å². The standard InChI is InChI=1S/C14H17N3O2/c1-3-11(7-15-5-1)10-19-14-9-16-12(8-17-14)13-4-2-6-18-13/h2,4,6,8-9,11,15H,1,3,5,7,10H2. The van der Waals surface area contributed by atoms with Crippen LogP contribution < -0.4 is 10.1 Å². The quantitative estimate of drug-likeness (QED) is 0.911. The minimum absolute atomic E-state index is 0.570. The first-order chi connectivity index (χ1) is 9.42. The van der Waals surface area contributed by atoms with E-state index in [9.17, 15) is 0 Å². The Balaban J connectivity index is 1.57. The molecule has 1 fully saturated rings. The Morgan fingerprint density at radius 1 is 1.37 bits per heavy atom. The molecule has 0 amide bonds. The molecule has 0 radical (unpaired) electrons. The number of hydrogen-bond acceptors (Lipinski definition) is 5. The van der Waals surface area contributed by atoms with Crippen molar-refractivity contribution in [2.75, 3.05) is 19.7 Å². The zero-order valence-corrected chi connectivity index (χ0v) is 10.7. The molecule has 2 aromatic rings. The highest BCUT2D eigenvalue weighted by atomic mass is 16.5. The number of rotatable bonds is 4. The molecule has 0 saturated carbocycles. The molecule has 5 heteroatoms. The van der Waals surface area contributed by atoms with Crippen LogP contribution in [-0.2, 0) is 0 Å². The van der Waals surface area contributed by atoms with Gasteiger partial charge in [-0.1, -0.05) is 0 Å². The predicted molar refractivity (Wildman–Crippen MR) is 70.8 cm³/mol. The maximum atomic E-state index is 5.67. The second-order valence-electron chi connectivity index (χ2n) is 4.74. The second kappa shape index (κ2) is 5.84. The van der Waals surface area contributed by atoms with E-state index >= 15 is 0 Å². The maximum Gasteiger partial charge on any atom is 0.232 e. The summed E-state index contributed by atoms with van der Waals surface area (Å²) in [5, 5.41) is 3.37. The molecule has 0 aliphatic carbocycles. The van der Waals surface area contributed by atoms with Crippen LogP contribution in [0.5, 0.6) is 5.88 Å². The van der Waals surface area contributed by atoms with Crippen molar-refractivity contribution in [3.05, 3.63) is 30.8 Å². The SMILES string of the molecule is c1coc(-c2cnc(OCC3CCCNC3)cn2)c1. The van der Waals surface area contributed by atoms with E-state index in [-0.39, 0.29) is 0 Å². The Bertz CT molecular complexity index is 490. The van der Waals surface area contributed by atoms with Gasteiger partial charge in [0.05, 0.1) is 25.3 Å². The van der Waals surface area contributed by atoms with Gasteiger partial charge in [0, 0.05) is 12.5 Å². The van der Waals surface area contributed by atoms with Crippen molar-refractivity contribution in [3.63, 3.8) is 0 Å². The van der Waals surface area contributed by atoms with Crippen LogP contribution in [0.1, 0.15) is 12.8 Å². The molecule has 1 N–H and O–H groups in total. The number of piperidine rings is 1. The van der Waals surface area contributed by atoms with Crippen LogP contribution in [0.15, 0.2) is 35.2 Å². The van der Waals surface area contributed by atoms with Crippen molar-refractivity contribution in [3.8, 4) is 17.3 Å². The first-order valence-electron chi connectivity index (χ1n) is 6.61. The average molecular weight is 259 g/mol. The number of hydrogen-bond donors (Lipinski definition) is 1. The summed E-state index contributed by atoms with van der Waals surface area (Å²) in [7, 11) is 0. The number of aromatic nitrogens is 2. The summed E-state index contributed by atoms with van der Waals surface area (Å²) in [6, 6.07) is 3.69. The van der Waals surface area contributed by atoms with Gasteiger partial charge in [-0.3, -0.25) is 0 Å². The number of furan rings is 1. The van der Waals surface area contributed by atoms with E-state index in [4.69, 9.17) is 9.15 Å². The third-order valence-electron chi connectivity index (χ3n) is 3.27. The van der Waals surface area contributed by atoms with Crippen molar-refractivity contribution in [2.45, 2.75) is 12.8 Å². The highest BCUT2D eigenvalue weighted by Crippen LogP contribution is 2.18. The Kier molecular flexibility index (Phi) is 3.74. The zero-order chi connectivity index (χ0) is 12.9. The summed E-state index contributed by atoms with van der Waals surface area (Å²) < 4.78 is 10.9. The summed E-state index contributed by atoms with van der Waals surface area (Å²) in [5.41, 5.74) is 0.719. The summed E-state index contributed by atoms with van der Waals surface area (Å²) in [4.78, 5) is 8.54. The lowest BCUT2D eigenvalue weighted by atomic mass is 10.0. The third kappa shape index (κ3) is 3.12. The van der Waals surface area contributed by atoms with Crippen molar-refractivity contribution < 1.29 is 9.15 Å². The van der Waals surface area contributed by atoms with E-state index in [1.807, 2.05) is 12.1 Å². The topological polar surface area (TPSA) is 60.2 Å². The predicted octanol–water partition coefficient (Wildman–Crippen LogP) is 2.11. The lowest BCUT2D eigenvalue weighted by Gasteiger charge is -2.22. The first-order valence-corrected chi connectivity index (χ1v) is 6.61. The zero-order valence-electron chi connectivity index (χ0n) is 10.7. The van der Waals surface area contributed by atoms with Crippen molar-refractivity contribution in [2.24, 2.45) is 5.92 Å². The van der Waals surface area contributed by atoms with Gasteiger partial charge in [0.1, 0.15) is 5.69 Å². The summed E-state index contributed by atoms with van der Waals surface area (Å²) in [6.07, 6.45) is 7.38. The smallest absolute Gasteiger partial charge is 0.232 e. The van der Waals surface area contributed by atoms with Gasteiger partial charge in [0.25, 0.3) is 0 Å². The molecule has 0 bridgehead atoms. The summed E-state index contributed by atoms with van der Waals surface area (Å²) in [5.74, 6) is 1.86. The van der Waals surface area contributed by atoms with Crippen molar-refractivity contribution in [1.29, 1.82) is 0 Å². The average Bonchev–Trinajstić information content (AvgIpc) is 3.01. The molecule has 1 aliphatic heterocycles. The van der Waals surface area contributed by atoms with Gasteiger partial charge in [0.2, 0.25) is 5.88 Å². The number of nitrogens with zero attached hydrogens (tertiary/aromatic N) is 2. The third-order valence-corrected chi connectivity index (χ3v) is 3.27. The molecule has 1 atom stereocenters. The van der Waals surface area contributed by atoms with E-state index in [0.29, 0.717) is 18.4 Å². The number of ether oxygens (including phenoxy) is 1. The Morgan fingerprint density at radius 2 is 2.37 bits per heavy atom. The molecule has 0 spiro atoms. The molecular weight excluding hydrogens is 242 g/mol. The molecule has 1 unspecified atom stereocenters. The van der Waals surface area contributed by atoms with E-state index < -0.39 is 0 Å². The minimum atomic E-state index is 0.570. The first kappa shape index (κ1) is 12.2. The van der Waals surface area contributed by atoms with Crippen LogP contribution in [0.25, 0.3) is 11.5 Å². The second-order valence-corrected chi connectivity index (χ2v) is 4.74. The molecule has 5 nitrogen and oxygen atoms in total. The molecular formula is C14H17N3O2. The molecule has 19 heavy (non-hydrogen) atoms. The minimum Gasteiger partial charge on any atom is -0.476 e. The summed E-state index contributed by atoms with van der Waals surface area (Å²) >= 11 is 0.